The minimum absolute atomic E-state index is 0.170. The molecule has 0 saturated carbocycles. The van der Waals surface area contributed by atoms with Gasteiger partial charge < -0.3 is 4.74 Å². The van der Waals surface area contributed by atoms with Gasteiger partial charge in [-0.2, -0.15) is 9.97 Å². The Kier molecular flexibility index (Phi) is 3.62. The molecule has 0 spiro atoms. The summed E-state index contributed by atoms with van der Waals surface area (Å²) >= 11 is 6.19. The van der Waals surface area contributed by atoms with Gasteiger partial charge in [0.25, 0.3) is 0 Å². The lowest BCUT2D eigenvalue weighted by atomic mass is 9.80. The molecule has 1 aliphatic heterocycles. The second-order valence-electron chi connectivity index (χ2n) is 6.88. The van der Waals surface area contributed by atoms with Crippen molar-refractivity contribution < 1.29 is 4.74 Å². The Morgan fingerprint density at radius 1 is 0.926 bits per heavy atom. The summed E-state index contributed by atoms with van der Waals surface area (Å²) in [5.41, 5.74) is 2.50. The normalized spacial score (nSPS) is 22.6. The van der Waals surface area contributed by atoms with Gasteiger partial charge in [-0.25, -0.2) is 4.98 Å². The molecule has 0 bridgehead atoms. The van der Waals surface area contributed by atoms with Crippen molar-refractivity contribution in [1.29, 1.82) is 0 Å². The van der Waals surface area contributed by atoms with Crippen LogP contribution >= 0.6 is 11.6 Å². The standard InChI is InChI=1S/C22H16ClN3O/c1-22-13-15(11-12-17(22)16-9-5-6-10-18(16)27-22)20-24-19(25-21(23)26-20)14-7-3-2-4-8-14/h2-13,17H,1H3. The van der Waals surface area contributed by atoms with Crippen molar-refractivity contribution in [3.63, 3.8) is 0 Å². The SMILES string of the molecule is CC12C=C(c3nc(Cl)nc(-c4ccccc4)n3)C=CC1c1ccccc1O2. The van der Waals surface area contributed by atoms with Gasteiger partial charge in [0.1, 0.15) is 11.4 Å². The number of fused-ring (bicyclic) bond motifs is 3. The number of hydrogen-bond acceptors (Lipinski definition) is 4. The highest BCUT2D eigenvalue weighted by Gasteiger charge is 2.43. The average Bonchev–Trinajstić information content (AvgIpc) is 2.99. The predicted octanol–water partition coefficient (Wildman–Crippen LogP) is 5.08. The van der Waals surface area contributed by atoms with Gasteiger partial charge in [-0.1, -0.05) is 60.7 Å². The van der Waals surface area contributed by atoms with E-state index in [1.165, 1.54) is 5.56 Å². The van der Waals surface area contributed by atoms with Gasteiger partial charge >= 0.3 is 0 Å². The lowest BCUT2D eigenvalue weighted by Crippen LogP contribution is -2.33. The summed E-state index contributed by atoms with van der Waals surface area (Å²) in [5.74, 6) is 2.20. The van der Waals surface area contributed by atoms with Crippen molar-refractivity contribution in [2.45, 2.75) is 18.4 Å². The quantitative estimate of drug-likeness (QED) is 0.628. The highest BCUT2D eigenvalue weighted by molar-refractivity contribution is 6.28. The lowest BCUT2D eigenvalue weighted by Gasteiger charge is -2.29. The van der Waals surface area contributed by atoms with E-state index in [0.717, 1.165) is 16.9 Å². The summed E-state index contributed by atoms with van der Waals surface area (Å²) in [6.07, 6.45) is 6.28. The van der Waals surface area contributed by atoms with Crippen molar-refractivity contribution in [1.82, 2.24) is 15.0 Å². The third-order valence-electron chi connectivity index (χ3n) is 5.01. The molecule has 1 aromatic heterocycles. The van der Waals surface area contributed by atoms with Gasteiger partial charge in [-0.15, -0.1) is 0 Å². The maximum Gasteiger partial charge on any atom is 0.226 e. The van der Waals surface area contributed by atoms with Crippen LogP contribution in [0.25, 0.3) is 17.0 Å². The van der Waals surface area contributed by atoms with Crippen LogP contribution in [0.15, 0.2) is 72.8 Å². The molecule has 0 N–H and O–H groups in total. The Morgan fingerprint density at radius 3 is 2.52 bits per heavy atom. The molecule has 3 aromatic rings. The first kappa shape index (κ1) is 16.2. The Labute approximate surface area is 162 Å². The summed E-state index contributed by atoms with van der Waals surface area (Å²) in [5, 5.41) is 0.177. The molecule has 0 amide bonds. The van der Waals surface area contributed by atoms with Crippen LogP contribution in [0, 0.1) is 0 Å². The molecule has 2 aromatic carbocycles. The topological polar surface area (TPSA) is 47.9 Å². The first-order chi connectivity index (χ1) is 13.1. The molecular weight excluding hydrogens is 358 g/mol. The largest absolute Gasteiger partial charge is 0.482 e. The molecule has 1 aliphatic carbocycles. The third-order valence-corrected chi connectivity index (χ3v) is 5.18. The van der Waals surface area contributed by atoms with Crippen molar-refractivity contribution in [2.75, 3.05) is 0 Å². The molecule has 2 unspecified atom stereocenters. The summed E-state index contributed by atoms with van der Waals surface area (Å²) in [6.45, 7) is 2.09. The number of rotatable bonds is 2. The second-order valence-corrected chi connectivity index (χ2v) is 7.22. The van der Waals surface area contributed by atoms with Crippen LogP contribution < -0.4 is 4.74 Å². The fourth-order valence-corrected chi connectivity index (χ4v) is 3.91. The molecule has 0 fully saturated rings. The molecule has 0 saturated heterocycles. The Bertz CT molecular complexity index is 1090. The fourth-order valence-electron chi connectivity index (χ4n) is 3.74. The smallest absolute Gasteiger partial charge is 0.226 e. The van der Waals surface area contributed by atoms with E-state index in [-0.39, 0.29) is 11.2 Å². The molecule has 132 valence electrons. The molecule has 2 heterocycles. The average molecular weight is 374 g/mol. The summed E-state index contributed by atoms with van der Waals surface area (Å²) in [6, 6.07) is 17.9. The number of allylic oxidation sites excluding steroid dienone is 2. The number of para-hydroxylation sites is 1. The number of nitrogens with zero attached hydrogens (tertiary/aromatic N) is 3. The number of halogens is 1. The van der Waals surface area contributed by atoms with Crippen LogP contribution in [-0.2, 0) is 0 Å². The van der Waals surface area contributed by atoms with E-state index >= 15 is 0 Å². The molecule has 4 nitrogen and oxygen atoms in total. The van der Waals surface area contributed by atoms with Gasteiger partial charge in [0.15, 0.2) is 11.6 Å². The Balaban J connectivity index is 1.57. The summed E-state index contributed by atoms with van der Waals surface area (Å²) < 4.78 is 6.26. The molecule has 5 rings (SSSR count). The van der Waals surface area contributed by atoms with Gasteiger partial charge in [0.05, 0.1) is 0 Å². The van der Waals surface area contributed by atoms with Gasteiger partial charge in [0, 0.05) is 22.6 Å². The molecule has 0 radical (unpaired) electrons. The van der Waals surface area contributed by atoms with E-state index in [4.69, 9.17) is 16.3 Å². The number of benzene rings is 2. The van der Waals surface area contributed by atoms with Crippen LogP contribution in [0.5, 0.6) is 5.75 Å². The first-order valence-corrected chi connectivity index (χ1v) is 9.16. The van der Waals surface area contributed by atoms with Crippen molar-refractivity contribution in [3.05, 3.63) is 89.5 Å². The molecule has 5 heteroatoms. The fraction of sp³-hybridized carbons (Fsp3) is 0.136. The molecule has 27 heavy (non-hydrogen) atoms. The van der Waals surface area contributed by atoms with Crippen LogP contribution in [0.1, 0.15) is 24.2 Å². The van der Waals surface area contributed by atoms with E-state index in [1.807, 2.05) is 54.6 Å². The van der Waals surface area contributed by atoms with Crippen LogP contribution in [0.4, 0.5) is 0 Å². The number of ether oxygens (including phenoxy) is 1. The van der Waals surface area contributed by atoms with E-state index in [0.29, 0.717) is 11.6 Å². The first-order valence-electron chi connectivity index (χ1n) is 8.79. The highest BCUT2D eigenvalue weighted by atomic mass is 35.5. The lowest BCUT2D eigenvalue weighted by molar-refractivity contribution is 0.156. The van der Waals surface area contributed by atoms with E-state index < -0.39 is 5.60 Å². The van der Waals surface area contributed by atoms with Gasteiger partial charge in [0.2, 0.25) is 5.28 Å². The van der Waals surface area contributed by atoms with Crippen LogP contribution in [0.2, 0.25) is 5.28 Å². The van der Waals surface area contributed by atoms with Gasteiger partial charge in [-0.05, 0) is 30.7 Å². The third kappa shape index (κ3) is 2.73. The molecule has 2 atom stereocenters. The summed E-state index contributed by atoms with van der Waals surface area (Å²) in [7, 11) is 0. The Hall–Kier alpha value is -2.98. The number of aromatic nitrogens is 3. The van der Waals surface area contributed by atoms with Crippen LogP contribution in [-0.4, -0.2) is 20.6 Å². The molecule has 2 aliphatic rings. The number of hydrogen-bond donors (Lipinski definition) is 0. The van der Waals surface area contributed by atoms with Gasteiger partial charge in [-0.3, -0.25) is 0 Å². The van der Waals surface area contributed by atoms with E-state index in [2.05, 4.69) is 40.1 Å². The highest BCUT2D eigenvalue weighted by Crippen LogP contribution is 2.49. The van der Waals surface area contributed by atoms with Crippen LogP contribution in [0.3, 0.4) is 0 Å². The van der Waals surface area contributed by atoms with Crippen molar-refractivity contribution in [3.8, 4) is 17.1 Å². The van der Waals surface area contributed by atoms with Crippen molar-refractivity contribution in [2.24, 2.45) is 0 Å². The monoisotopic (exact) mass is 373 g/mol. The maximum atomic E-state index is 6.26. The second kappa shape index (κ2) is 6.03. The van der Waals surface area contributed by atoms with E-state index in [1.54, 1.807) is 0 Å². The predicted molar refractivity (Wildman–Crippen MR) is 106 cm³/mol. The summed E-state index contributed by atoms with van der Waals surface area (Å²) in [4.78, 5) is 13.3. The van der Waals surface area contributed by atoms with Crippen molar-refractivity contribution >= 4 is 17.2 Å². The van der Waals surface area contributed by atoms with E-state index in [9.17, 15) is 0 Å². The maximum absolute atomic E-state index is 6.26. The minimum Gasteiger partial charge on any atom is -0.482 e. The molecular formula is C22H16ClN3O. The zero-order chi connectivity index (χ0) is 18.4. The Morgan fingerprint density at radius 2 is 1.67 bits per heavy atom. The zero-order valence-corrected chi connectivity index (χ0v) is 15.4. The minimum atomic E-state index is -0.472. The zero-order valence-electron chi connectivity index (χ0n) is 14.6.